The Bertz CT molecular complexity index is 1160. The van der Waals surface area contributed by atoms with Crippen LogP contribution in [0.2, 0.25) is 0 Å². The summed E-state index contributed by atoms with van der Waals surface area (Å²) in [5.74, 6) is -0.0740. The fourth-order valence-electron chi connectivity index (χ4n) is 3.79. The van der Waals surface area contributed by atoms with Gasteiger partial charge in [0.15, 0.2) is 0 Å². The normalized spacial score (nSPS) is 16.9. The van der Waals surface area contributed by atoms with Crippen LogP contribution in [0.3, 0.4) is 0 Å². The van der Waals surface area contributed by atoms with Gasteiger partial charge in [0.2, 0.25) is 10.0 Å². The number of carbonyl (C=O) groups is 1. The number of nitrogens with one attached hydrogen (secondary N) is 2. The van der Waals surface area contributed by atoms with Crippen LogP contribution in [0.15, 0.2) is 53.4 Å². The summed E-state index contributed by atoms with van der Waals surface area (Å²) in [7, 11) is -3.50. The lowest BCUT2D eigenvalue weighted by molar-refractivity contribution is 0.0735. The van der Waals surface area contributed by atoms with E-state index >= 15 is 0 Å². The second-order valence-corrected chi connectivity index (χ2v) is 9.24. The summed E-state index contributed by atoms with van der Waals surface area (Å²) in [6.07, 6.45) is 2.56. The third-order valence-electron chi connectivity index (χ3n) is 5.48. The first-order valence-corrected chi connectivity index (χ1v) is 11.0. The van der Waals surface area contributed by atoms with Gasteiger partial charge in [-0.1, -0.05) is 18.2 Å². The van der Waals surface area contributed by atoms with E-state index in [1.165, 1.54) is 23.4 Å². The number of hydrogen-bond donors (Lipinski definition) is 2. The van der Waals surface area contributed by atoms with Gasteiger partial charge in [0, 0.05) is 53.3 Å². The van der Waals surface area contributed by atoms with E-state index in [9.17, 15) is 13.2 Å². The summed E-state index contributed by atoms with van der Waals surface area (Å²) in [6.45, 7) is 1.20. The lowest BCUT2D eigenvalue weighted by atomic mass is 10.0. The number of hydrogen-bond acceptors (Lipinski definition) is 3. The van der Waals surface area contributed by atoms with Crippen molar-refractivity contribution in [2.75, 3.05) is 6.54 Å². The molecule has 0 atom stereocenters. The first kappa shape index (κ1) is 17.5. The number of rotatable bonds is 4. The quantitative estimate of drug-likeness (QED) is 0.713. The van der Waals surface area contributed by atoms with Crippen molar-refractivity contribution < 1.29 is 13.2 Å². The molecule has 1 aromatic heterocycles. The second-order valence-electron chi connectivity index (χ2n) is 7.52. The van der Waals surface area contributed by atoms with Crippen LogP contribution in [0.5, 0.6) is 0 Å². The van der Waals surface area contributed by atoms with E-state index in [1.54, 1.807) is 12.1 Å². The average Bonchev–Trinajstić information content (AvgIpc) is 3.43. The number of nitrogens with zero attached hydrogens (tertiary/aromatic N) is 1. The van der Waals surface area contributed by atoms with Gasteiger partial charge >= 0.3 is 0 Å². The van der Waals surface area contributed by atoms with Crippen molar-refractivity contribution in [2.45, 2.75) is 36.7 Å². The summed E-state index contributed by atoms with van der Waals surface area (Å²) >= 11 is 0. The minimum Gasteiger partial charge on any atom is -0.358 e. The zero-order valence-corrected chi connectivity index (χ0v) is 16.1. The third-order valence-corrected chi connectivity index (χ3v) is 7.02. The number of benzene rings is 2. The predicted molar refractivity (Wildman–Crippen MR) is 107 cm³/mol. The summed E-state index contributed by atoms with van der Waals surface area (Å²) in [4.78, 5) is 18.4. The van der Waals surface area contributed by atoms with Crippen molar-refractivity contribution in [1.82, 2.24) is 14.6 Å². The summed E-state index contributed by atoms with van der Waals surface area (Å²) in [6, 6.07) is 14.4. The van der Waals surface area contributed by atoms with Crippen LogP contribution in [0.25, 0.3) is 10.9 Å². The third kappa shape index (κ3) is 3.10. The van der Waals surface area contributed by atoms with Crippen LogP contribution in [0, 0.1) is 0 Å². The Morgan fingerprint density at radius 1 is 1.07 bits per heavy atom. The van der Waals surface area contributed by atoms with Crippen molar-refractivity contribution in [2.24, 2.45) is 0 Å². The molecule has 7 heteroatoms. The highest BCUT2D eigenvalue weighted by Crippen LogP contribution is 2.28. The van der Waals surface area contributed by atoms with Gasteiger partial charge in [-0.15, -0.1) is 0 Å². The molecule has 1 amide bonds. The molecule has 3 aromatic rings. The zero-order valence-electron chi connectivity index (χ0n) is 15.3. The molecule has 28 heavy (non-hydrogen) atoms. The van der Waals surface area contributed by atoms with Crippen molar-refractivity contribution in [3.63, 3.8) is 0 Å². The van der Waals surface area contributed by atoms with Gasteiger partial charge in [-0.05, 0) is 43.2 Å². The SMILES string of the molecule is O=C(c1ccc(S(=O)(=O)NC2CC2)cc1)N1CCc2[nH]c3ccccc3c2C1. The Morgan fingerprint density at radius 2 is 1.82 bits per heavy atom. The smallest absolute Gasteiger partial charge is 0.254 e. The molecule has 1 fully saturated rings. The molecule has 5 rings (SSSR count). The maximum Gasteiger partial charge on any atom is 0.254 e. The molecular formula is C21H21N3O3S. The van der Waals surface area contributed by atoms with Crippen LogP contribution >= 0.6 is 0 Å². The highest BCUT2D eigenvalue weighted by molar-refractivity contribution is 7.89. The maximum atomic E-state index is 13.0. The van der Waals surface area contributed by atoms with Gasteiger partial charge in [0.05, 0.1) is 4.90 Å². The predicted octanol–water partition coefficient (Wildman–Crippen LogP) is 2.81. The molecule has 2 aromatic carbocycles. The Hall–Kier alpha value is -2.64. The number of aromatic nitrogens is 1. The van der Waals surface area contributed by atoms with Gasteiger partial charge in [0.1, 0.15) is 0 Å². The molecule has 1 saturated carbocycles. The van der Waals surface area contributed by atoms with Crippen LogP contribution < -0.4 is 4.72 Å². The number of H-pyrrole nitrogens is 1. The van der Waals surface area contributed by atoms with E-state index in [-0.39, 0.29) is 16.8 Å². The van der Waals surface area contributed by atoms with E-state index < -0.39 is 10.0 Å². The zero-order chi connectivity index (χ0) is 19.3. The lowest BCUT2D eigenvalue weighted by Gasteiger charge is -2.27. The molecule has 0 spiro atoms. The fraction of sp³-hybridized carbons (Fsp3) is 0.286. The minimum absolute atomic E-state index is 0.0602. The summed E-state index contributed by atoms with van der Waals surface area (Å²) in [5, 5.41) is 1.16. The first-order chi connectivity index (χ1) is 13.5. The monoisotopic (exact) mass is 395 g/mol. The molecule has 144 valence electrons. The molecule has 6 nitrogen and oxygen atoms in total. The van der Waals surface area contributed by atoms with E-state index in [4.69, 9.17) is 0 Å². The van der Waals surface area contributed by atoms with Crippen molar-refractivity contribution in [1.29, 1.82) is 0 Å². The van der Waals surface area contributed by atoms with E-state index in [0.29, 0.717) is 18.7 Å². The number of fused-ring (bicyclic) bond motifs is 3. The molecule has 0 bridgehead atoms. The molecule has 1 aliphatic heterocycles. The van der Waals surface area contributed by atoms with E-state index in [1.807, 2.05) is 17.0 Å². The molecular weight excluding hydrogens is 374 g/mol. The van der Waals surface area contributed by atoms with Gasteiger partial charge in [0.25, 0.3) is 5.91 Å². The van der Waals surface area contributed by atoms with Gasteiger partial charge in [-0.25, -0.2) is 13.1 Å². The van der Waals surface area contributed by atoms with Gasteiger partial charge in [-0.3, -0.25) is 4.79 Å². The Balaban J connectivity index is 1.36. The van der Waals surface area contributed by atoms with Crippen molar-refractivity contribution in [3.8, 4) is 0 Å². The second kappa shape index (κ2) is 6.46. The first-order valence-electron chi connectivity index (χ1n) is 9.51. The molecule has 0 radical (unpaired) electrons. The molecule has 0 unspecified atom stereocenters. The van der Waals surface area contributed by atoms with Crippen LogP contribution in [-0.2, 0) is 23.0 Å². The minimum atomic E-state index is -3.50. The van der Waals surface area contributed by atoms with Gasteiger partial charge < -0.3 is 9.88 Å². The standard InChI is InChI=1S/C21H21N3O3S/c25-21(14-5-9-16(10-6-14)28(26,27)23-15-7-8-15)24-12-11-20-18(13-24)17-3-1-2-4-19(17)22-20/h1-6,9-10,15,22-23H,7-8,11-13H2. The van der Waals surface area contributed by atoms with E-state index in [0.717, 1.165) is 30.2 Å². The highest BCUT2D eigenvalue weighted by Gasteiger charge is 2.28. The number of para-hydroxylation sites is 1. The summed E-state index contributed by atoms with van der Waals surface area (Å²) < 4.78 is 27.2. The van der Waals surface area contributed by atoms with E-state index in [2.05, 4.69) is 21.8 Å². The fourth-order valence-corrected chi connectivity index (χ4v) is 5.09. The molecule has 2 aliphatic rings. The Kier molecular flexibility index (Phi) is 4.03. The molecule has 0 saturated heterocycles. The number of amides is 1. The topological polar surface area (TPSA) is 82.3 Å². The highest BCUT2D eigenvalue weighted by atomic mass is 32.2. The van der Waals surface area contributed by atoms with Crippen LogP contribution in [-0.4, -0.2) is 36.8 Å². The average molecular weight is 395 g/mol. The molecule has 1 aliphatic carbocycles. The van der Waals surface area contributed by atoms with Crippen molar-refractivity contribution >= 4 is 26.8 Å². The van der Waals surface area contributed by atoms with Crippen molar-refractivity contribution in [3.05, 3.63) is 65.4 Å². The Morgan fingerprint density at radius 3 is 2.57 bits per heavy atom. The number of aromatic amines is 1. The lowest BCUT2D eigenvalue weighted by Crippen LogP contribution is -2.35. The van der Waals surface area contributed by atoms with Crippen LogP contribution in [0.1, 0.15) is 34.5 Å². The van der Waals surface area contributed by atoms with Gasteiger partial charge in [-0.2, -0.15) is 0 Å². The Labute approximate surface area is 163 Å². The molecule has 2 heterocycles. The largest absolute Gasteiger partial charge is 0.358 e. The number of sulfonamides is 1. The summed E-state index contributed by atoms with van der Waals surface area (Å²) in [5.41, 5.74) is 3.97. The maximum absolute atomic E-state index is 13.0. The molecule has 2 N–H and O–H groups in total. The van der Waals surface area contributed by atoms with Crippen LogP contribution in [0.4, 0.5) is 0 Å². The number of carbonyl (C=O) groups excluding carboxylic acids is 1.